The summed E-state index contributed by atoms with van der Waals surface area (Å²) in [6.45, 7) is 4.94. The van der Waals surface area contributed by atoms with E-state index >= 15 is 0 Å². The van der Waals surface area contributed by atoms with Gasteiger partial charge in [-0.1, -0.05) is 12.1 Å². The Kier molecular flexibility index (Phi) is 3.40. The Bertz CT molecular complexity index is 480. The molecule has 2 aromatic rings. The Morgan fingerprint density at radius 3 is 1.82 bits per heavy atom. The minimum Gasteiger partial charge on any atom is -0.306 e. The number of hydrogen-bond acceptors (Lipinski definition) is 3. The summed E-state index contributed by atoms with van der Waals surface area (Å²) in [4.78, 5) is 8.78. The summed E-state index contributed by atoms with van der Waals surface area (Å²) in [7, 11) is 0. The number of nitrogens with one attached hydrogen (secondary N) is 1. The largest absolute Gasteiger partial charge is 0.306 e. The molecule has 3 nitrogen and oxygen atoms in total. The Morgan fingerprint density at radius 2 is 1.41 bits per heavy atom. The van der Waals surface area contributed by atoms with Gasteiger partial charge in [0.1, 0.15) is 1.41 Å². The average Bonchev–Trinajstić information content (AvgIpc) is 2.28. The molecule has 1 N–H and O–H groups in total. The first-order valence-electron chi connectivity index (χ1n) is 6.17. The van der Waals surface area contributed by atoms with Crippen LogP contribution in [0.3, 0.4) is 0 Å². The zero-order chi connectivity index (χ0) is 13.0. The average molecular weight is 229 g/mol. The third-order valence-electron chi connectivity index (χ3n) is 2.44. The Labute approximate surface area is 103 Å². The highest BCUT2D eigenvalue weighted by Gasteiger charge is 1.97. The second-order valence-corrected chi connectivity index (χ2v) is 4.08. The van der Waals surface area contributed by atoms with Gasteiger partial charge in [-0.15, -0.1) is 0 Å². The molecule has 0 unspecified atom stereocenters. The van der Waals surface area contributed by atoms with Gasteiger partial charge in [0.05, 0.1) is 11.4 Å². The number of aromatic nitrogens is 2. The molecule has 0 aliphatic heterocycles. The molecule has 0 saturated heterocycles. The van der Waals surface area contributed by atoms with Crippen molar-refractivity contribution in [2.24, 2.45) is 0 Å². The zero-order valence-electron chi connectivity index (χ0n) is 11.2. The minimum atomic E-state index is 0.511. The third kappa shape index (κ3) is 3.64. The maximum absolute atomic E-state index is 7.94. The maximum atomic E-state index is 7.94. The van der Waals surface area contributed by atoms with Crippen LogP contribution in [-0.4, -0.2) is 9.97 Å². The molecule has 2 heterocycles. The fourth-order valence-corrected chi connectivity index (χ4v) is 1.66. The molecule has 0 amide bonds. The first-order valence-corrected chi connectivity index (χ1v) is 5.72. The number of aryl methyl sites for hydroxylation is 2. The number of hydrogen-bond donors (Lipinski definition) is 1. The van der Waals surface area contributed by atoms with E-state index < -0.39 is 0 Å². The smallest absolute Gasteiger partial charge is 0.123 e. The molecule has 0 radical (unpaired) electrons. The van der Waals surface area contributed by atoms with Crippen molar-refractivity contribution in [1.82, 2.24) is 15.3 Å². The summed E-state index contributed by atoms with van der Waals surface area (Å²) < 4.78 is 7.94. The Hall–Kier alpha value is -1.74. The van der Waals surface area contributed by atoms with E-state index in [1.807, 2.05) is 50.2 Å². The third-order valence-corrected chi connectivity index (χ3v) is 2.44. The lowest BCUT2D eigenvalue weighted by Crippen LogP contribution is -2.14. The minimum absolute atomic E-state index is 0.511. The van der Waals surface area contributed by atoms with E-state index in [1.165, 1.54) is 5.31 Å². The molecule has 3 heteroatoms. The fourth-order valence-electron chi connectivity index (χ4n) is 1.66. The second kappa shape index (κ2) is 5.55. The lowest BCUT2D eigenvalue weighted by Gasteiger charge is -2.05. The highest BCUT2D eigenvalue weighted by molar-refractivity contribution is 5.11. The summed E-state index contributed by atoms with van der Waals surface area (Å²) in [5.74, 6) is 0. The van der Waals surface area contributed by atoms with E-state index in [2.05, 4.69) is 9.97 Å². The van der Waals surface area contributed by atoms with Crippen molar-refractivity contribution >= 4 is 0 Å². The van der Waals surface area contributed by atoms with Crippen LogP contribution in [-0.2, 0) is 13.1 Å². The van der Waals surface area contributed by atoms with Crippen LogP contribution in [0.4, 0.5) is 0 Å². The van der Waals surface area contributed by atoms with Crippen molar-refractivity contribution in [2.75, 3.05) is 0 Å². The molecule has 0 saturated carbocycles. The summed E-state index contributed by atoms with van der Waals surface area (Å²) >= 11 is 0. The molecule has 0 bridgehead atoms. The van der Waals surface area contributed by atoms with Crippen molar-refractivity contribution in [2.45, 2.75) is 26.9 Å². The summed E-state index contributed by atoms with van der Waals surface area (Å²) in [5, 5.41) is 1.48. The van der Waals surface area contributed by atoms with Gasteiger partial charge in [-0.2, -0.15) is 0 Å². The predicted octanol–water partition coefficient (Wildman–Crippen LogP) is 2.38. The molecule has 0 fully saturated rings. The van der Waals surface area contributed by atoms with E-state index in [0.717, 1.165) is 22.8 Å². The normalized spacial score (nSPS) is 11.6. The standard InChI is InChI=1S/C14H17N3/c1-11-5-3-7-13(16-11)9-15-10-14-8-4-6-12(2)17-14/h3-8,15H,9-10H2,1-2H3/i/hT. The fraction of sp³-hybridized carbons (Fsp3) is 0.286. The monoisotopic (exact) mass is 229 g/mol. The van der Waals surface area contributed by atoms with Gasteiger partial charge in [0.15, 0.2) is 0 Å². The van der Waals surface area contributed by atoms with Crippen LogP contribution in [0, 0.1) is 13.8 Å². The molecular formula is C14H17N3. The van der Waals surface area contributed by atoms with Gasteiger partial charge < -0.3 is 5.31 Å². The lowest BCUT2D eigenvalue weighted by molar-refractivity contribution is 0.664. The lowest BCUT2D eigenvalue weighted by atomic mass is 10.3. The summed E-state index contributed by atoms with van der Waals surface area (Å²) in [6.07, 6.45) is 0. The van der Waals surface area contributed by atoms with Gasteiger partial charge in [0, 0.05) is 24.5 Å². The molecule has 0 aliphatic carbocycles. The topological polar surface area (TPSA) is 37.8 Å². The molecule has 0 atom stereocenters. The van der Waals surface area contributed by atoms with Crippen molar-refractivity contribution in [1.29, 1.82) is 0 Å². The SMILES string of the molecule is [3H]N(Cc1cccc(C)n1)Cc1cccc(C)n1. The van der Waals surface area contributed by atoms with Crippen LogP contribution in [0.5, 0.6) is 0 Å². The van der Waals surface area contributed by atoms with Gasteiger partial charge in [-0.3, -0.25) is 9.97 Å². The van der Waals surface area contributed by atoms with Gasteiger partial charge >= 0.3 is 0 Å². The van der Waals surface area contributed by atoms with Crippen molar-refractivity contribution in [3.8, 4) is 0 Å². The quantitative estimate of drug-likeness (QED) is 0.874. The summed E-state index contributed by atoms with van der Waals surface area (Å²) in [5.41, 5.74) is 3.79. The molecule has 0 spiro atoms. The summed E-state index contributed by atoms with van der Waals surface area (Å²) in [6, 6.07) is 11.7. The molecule has 2 aromatic heterocycles. The van der Waals surface area contributed by atoms with E-state index in [4.69, 9.17) is 1.41 Å². The highest BCUT2D eigenvalue weighted by atomic mass is 14.9. The number of nitrogens with zero attached hydrogens (tertiary/aromatic N) is 2. The highest BCUT2D eigenvalue weighted by Crippen LogP contribution is 2.00. The zero-order valence-corrected chi connectivity index (χ0v) is 10.2. The van der Waals surface area contributed by atoms with E-state index in [0.29, 0.717) is 13.1 Å². The van der Waals surface area contributed by atoms with Crippen LogP contribution in [0.25, 0.3) is 0 Å². The molecule has 0 aliphatic rings. The molecule has 17 heavy (non-hydrogen) atoms. The number of rotatable bonds is 4. The second-order valence-electron chi connectivity index (χ2n) is 4.08. The van der Waals surface area contributed by atoms with Crippen LogP contribution in [0.15, 0.2) is 36.4 Å². The van der Waals surface area contributed by atoms with E-state index in [1.54, 1.807) is 0 Å². The van der Waals surface area contributed by atoms with Crippen molar-refractivity contribution < 1.29 is 1.41 Å². The van der Waals surface area contributed by atoms with E-state index in [9.17, 15) is 0 Å². The maximum Gasteiger partial charge on any atom is 0.123 e. The van der Waals surface area contributed by atoms with Crippen molar-refractivity contribution in [3.63, 3.8) is 0 Å². The number of pyridine rings is 2. The van der Waals surface area contributed by atoms with Gasteiger partial charge in [0.25, 0.3) is 0 Å². The van der Waals surface area contributed by atoms with Crippen LogP contribution < -0.4 is 5.31 Å². The van der Waals surface area contributed by atoms with Gasteiger partial charge in [-0.25, -0.2) is 0 Å². The predicted molar refractivity (Wildman–Crippen MR) is 68.5 cm³/mol. The molecule has 88 valence electrons. The van der Waals surface area contributed by atoms with Crippen molar-refractivity contribution in [3.05, 3.63) is 59.2 Å². The van der Waals surface area contributed by atoms with Gasteiger partial charge in [0.2, 0.25) is 0 Å². The first-order chi connectivity index (χ1) is 8.63. The Morgan fingerprint density at radius 1 is 0.941 bits per heavy atom. The molecular weight excluding hydrogens is 210 g/mol. The Balaban J connectivity index is 1.98. The van der Waals surface area contributed by atoms with Crippen LogP contribution >= 0.6 is 0 Å². The van der Waals surface area contributed by atoms with Crippen LogP contribution in [0.1, 0.15) is 22.8 Å². The molecule has 2 rings (SSSR count). The van der Waals surface area contributed by atoms with Crippen LogP contribution in [0.2, 0.25) is 1.41 Å². The van der Waals surface area contributed by atoms with E-state index in [-0.39, 0.29) is 0 Å². The molecule has 0 aromatic carbocycles. The van der Waals surface area contributed by atoms with Gasteiger partial charge in [-0.05, 0) is 38.1 Å². The first kappa shape index (κ1) is 10.4.